The van der Waals surface area contributed by atoms with Crippen molar-refractivity contribution in [2.24, 2.45) is 0 Å². The van der Waals surface area contributed by atoms with Crippen LogP contribution in [0.2, 0.25) is 0 Å². The molecule has 0 radical (unpaired) electrons. The number of rotatable bonds is 4. The van der Waals surface area contributed by atoms with Crippen molar-refractivity contribution in [2.45, 2.75) is 12.5 Å². The highest BCUT2D eigenvalue weighted by Crippen LogP contribution is 2.14. The molecule has 6 heteroatoms. The van der Waals surface area contributed by atoms with Crippen LogP contribution < -0.4 is 10.6 Å². The van der Waals surface area contributed by atoms with E-state index in [1.165, 1.54) is 0 Å². The minimum atomic E-state index is 0.0573. The lowest BCUT2D eigenvalue weighted by atomic mass is 10.2. The van der Waals surface area contributed by atoms with Gasteiger partial charge in [-0.05, 0) is 30.3 Å². The molecule has 0 bridgehead atoms. The lowest BCUT2D eigenvalue weighted by Gasteiger charge is -2.22. The molecule has 1 aliphatic heterocycles. The fourth-order valence-electron chi connectivity index (χ4n) is 2.31. The van der Waals surface area contributed by atoms with Crippen LogP contribution in [0, 0.1) is 0 Å². The fourth-order valence-corrected chi connectivity index (χ4v) is 3.25. The van der Waals surface area contributed by atoms with E-state index < -0.39 is 0 Å². The van der Waals surface area contributed by atoms with Crippen molar-refractivity contribution in [3.8, 4) is 5.69 Å². The van der Waals surface area contributed by atoms with E-state index in [9.17, 15) is 4.79 Å². The second-order valence-electron chi connectivity index (χ2n) is 4.98. The number of anilines is 1. The van der Waals surface area contributed by atoms with Crippen LogP contribution in [-0.4, -0.2) is 39.8 Å². The number of nitrogens with zero attached hydrogens (tertiary/aromatic N) is 2. The Hall–Kier alpha value is -1.79. The van der Waals surface area contributed by atoms with Crippen molar-refractivity contribution in [2.75, 3.05) is 23.4 Å². The van der Waals surface area contributed by atoms with Crippen LogP contribution in [-0.2, 0) is 4.79 Å². The fraction of sp³-hybridized carbons (Fsp3) is 0.333. The van der Waals surface area contributed by atoms with Gasteiger partial charge in [0.2, 0.25) is 5.91 Å². The molecule has 5 nitrogen and oxygen atoms in total. The van der Waals surface area contributed by atoms with E-state index in [1.807, 2.05) is 48.3 Å². The second-order valence-corrected chi connectivity index (χ2v) is 6.13. The molecule has 110 valence electrons. The number of amides is 1. The Kier molecular flexibility index (Phi) is 4.57. The first kappa shape index (κ1) is 14.2. The summed E-state index contributed by atoms with van der Waals surface area (Å²) in [6, 6.07) is 9.85. The van der Waals surface area contributed by atoms with Crippen LogP contribution in [0.4, 0.5) is 5.69 Å². The van der Waals surface area contributed by atoms with Crippen LogP contribution in [0.3, 0.4) is 0 Å². The lowest BCUT2D eigenvalue weighted by Crippen LogP contribution is -2.39. The standard InChI is InChI=1S/C15H18N4OS/c20-15(10-13-11-21-9-7-16-13)18-12-2-4-14(5-3-12)19-8-1-6-17-19/h1-6,8,13,16H,7,9-11H2,(H,18,20). The first-order valence-corrected chi connectivity index (χ1v) is 8.18. The molecule has 2 heterocycles. The van der Waals surface area contributed by atoms with Crippen LogP contribution in [0.15, 0.2) is 42.7 Å². The van der Waals surface area contributed by atoms with Gasteiger partial charge in [-0.25, -0.2) is 4.68 Å². The molecule has 0 aliphatic carbocycles. The van der Waals surface area contributed by atoms with Crippen molar-refractivity contribution in [3.63, 3.8) is 0 Å². The Morgan fingerprint density at radius 1 is 1.43 bits per heavy atom. The average Bonchev–Trinajstić information content (AvgIpc) is 3.03. The van der Waals surface area contributed by atoms with Crippen LogP contribution in [0.5, 0.6) is 0 Å². The average molecular weight is 302 g/mol. The van der Waals surface area contributed by atoms with Gasteiger partial charge in [-0.15, -0.1) is 0 Å². The maximum Gasteiger partial charge on any atom is 0.225 e. The molecule has 1 fully saturated rings. The van der Waals surface area contributed by atoms with Gasteiger partial charge >= 0.3 is 0 Å². The number of nitrogens with one attached hydrogen (secondary N) is 2. The number of carbonyl (C=O) groups excluding carboxylic acids is 1. The number of aromatic nitrogens is 2. The number of hydrogen-bond donors (Lipinski definition) is 2. The van der Waals surface area contributed by atoms with E-state index in [-0.39, 0.29) is 11.9 Å². The largest absolute Gasteiger partial charge is 0.326 e. The Balaban J connectivity index is 1.56. The molecule has 1 aliphatic rings. The SMILES string of the molecule is O=C(CC1CSCCN1)Nc1ccc(-n2cccn2)cc1. The molecule has 1 atom stereocenters. The number of benzene rings is 1. The molecule has 2 aromatic rings. The molecule has 1 amide bonds. The predicted octanol–water partition coefficient (Wildman–Crippen LogP) is 1.91. The smallest absolute Gasteiger partial charge is 0.225 e. The Labute approximate surface area is 128 Å². The first-order chi connectivity index (χ1) is 10.3. The van der Waals surface area contributed by atoms with Gasteiger partial charge < -0.3 is 10.6 Å². The summed E-state index contributed by atoms with van der Waals surface area (Å²) in [6.07, 6.45) is 4.15. The molecule has 2 N–H and O–H groups in total. The summed E-state index contributed by atoms with van der Waals surface area (Å²) in [5.74, 6) is 2.19. The summed E-state index contributed by atoms with van der Waals surface area (Å²) < 4.78 is 1.79. The van der Waals surface area contributed by atoms with Gasteiger partial charge in [0.15, 0.2) is 0 Å². The molecule has 1 aromatic heterocycles. The highest BCUT2D eigenvalue weighted by atomic mass is 32.2. The van der Waals surface area contributed by atoms with Gasteiger partial charge in [-0.2, -0.15) is 16.9 Å². The van der Waals surface area contributed by atoms with Gasteiger partial charge in [-0.1, -0.05) is 0 Å². The van der Waals surface area contributed by atoms with E-state index >= 15 is 0 Å². The summed E-state index contributed by atoms with van der Waals surface area (Å²) in [5, 5.41) is 10.5. The molecular formula is C15H18N4OS. The number of hydrogen-bond acceptors (Lipinski definition) is 4. The van der Waals surface area contributed by atoms with Crippen molar-refractivity contribution in [3.05, 3.63) is 42.7 Å². The Bertz CT molecular complexity index is 576. The van der Waals surface area contributed by atoms with E-state index in [0.29, 0.717) is 6.42 Å². The third-order valence-corrected chi connectivity index (χ3v) is 4.48. The minimum Gasteiger partial charge on any atom is -0.326 e. The normalized spacial score (nSPS) is 18.4. The zero-order valence-corrected chi connectivity index (χ0v) is 12.5. The zero-order chi connectivity index (χ0) is 14.5. The molecule has 21 heavy (non-hydrogen) atoms. The van der Waals surface area contributed by atoms with Gasteiger partial charge in [0, 0.05) is 48.6 Å². The minimum absolute atomic E-state index is 0.0573. The van der Waals surface area contributed by atoms with Crippen molar-refractivity contribution < 1.29 is 4.79 Å². The molecule has 0 saturated carbocycles. The maximum atomic E-state index is 12.0. The summed E-state index contributed by atoms with van der Waals surface area (Å²) >= 11 is 1.90. The van der Waals surface area contributed by atoms with E-state index in [1.54, 1.807) is 10.9 Å². The third-order valence-electron chi connectivity index (χ3n) is 3.35. The van der Waals surface area contributed by atoms with E-state index in [4.69, 9.17) is 0 Å². The molecule has 3 rings (SSSR count). The van der Waals surface area contributed by atoms with Crippen molar-refractivity contribution in [1.29, 1.82) is 0 Å². The van der Waals surface area contributed by atoms with Gasteiger partial charge in [0.1, 0.15) is 0 Å². The number of thioether (sulfide) groups is 1. The van der Waals surface area contributed by atoms with Crippen LogP contribution in [0.25, 0.3) is 5.69 Å². The van der Waals surface area contributed by atoms with Crippen LogP contribution in [0.1, 0.15) is 6.42 Å². The lowest BCUT2D eigenvalue weighted by molar-refractivity contribution is -0.116. The maximum absolute atomic E-state index is 12.0. The van der Waals surface area contributed by atoms with E-state index in [2.05, 4.69) is 15.7 Å². The molecule has 1 aromatic carbocycles. The highest BCUT2D eigenvalue weighted by molar-refractivity contribution is 7.99. The summed E-state index contributed by atoms with van der Waals surface area (Å²) in [6.45, 7) is 0.987. The van der Waals surface area contributed by atoms with Crippen molar-refractivity contribution in [1.82, 2.24) is 15.1 Å². The summed E-state index contributed by atoms with van der Waals surface area (Å²) in [4.78, 5) is 12.0. The molecule has 0 spiro atoms. The highest BCUT2D eigenvalue weighted by Gasteiger charge is 2.16. The van der Waals surface area contributed by atoms with Crippen molar-refractivity contribution >= 4 is 23.4 Å². The monoisotopic (exact) mass is 302 g/mol. The predicted molar refractivity (Wildman–Crippen MR) is 85.9 cm³/mol. The van der Waals surface area contributed by atoms with E-state index in [0.717, 1.165) is 29.4 Å². The third kappa shape index (κ3) is 3.86. The van der Waals surface area contributed by atoms with Gasteiger partial charge in [-0.3, -0.25) is 4.79 Å². The topological polar surface area (TPSA) is 59.0 Å². The first-order valence-electron chi connectivity index (χ1n) is 7.02. The quantitative estimate of drug-likeness (QED) is 0.906. The summed E-state index contributed by atoms with van der Waals surface area (Å²) in [7, 11) is 0. The number of carbonyl (C=O) groups is 1. The van der Waals surface area contributed by atoms with Crippen LogP contribution >= 0.6 is 11.8 Å². The Morgan fingerprint density at radius 3 is 2.95 bits per heavy atom. The van der Waals surface area contributed by atoms with Gasteiger partial charge in [0.25, 0.3) is 0 Å². The molecule has 1 saturated heterocycles. The second kappa shape index (κ2) is 6.78. The Morgan fingerprint density at radius 2 is 2.29 bits per heavy atom. The summed E-state index contributed by atoms with van der Waals surface area (Å²) in [5.41, 5.74) is 1.79. The van der Waals surface area contributed by atoms with Gasteiger partial charge in [0.05, 0.1) is 5.69 Å². The molecular weight excluding hydrogens is 284 g/mol. The zero-order valence-electron chi connectivity index (χ0n) is 11.7. The molecule has 1 unspecified atom stereocenters.